The number of hydrogen-bond acceptors (Lipinski definition) is 2. The number of rotatable bonds is 6. The summed E-state index contributed by atoms with van der Waals surface area (Å²) in [5.74, 6) is 1.69. The highest BCUT2D eigenvalue weighted by Crippen LogP contribution is 2.33. The quantitative estimate of drug-likeness (QED) is 0.417. The molecule has 0 unspecified atom stereocenters. The van der Waals surface area contributed by atoms with Gasteiger partial charge in [-0.1, -0.05) is 48.0 Å². The van der Waals surface area contributed by atoms with Gasteiger partial charge in [0.2, 0.25) is 0 Å². The van der Waals surface area contributed by atoms with Crippen molar-refractivity contribution in [3.05, 3.63) is 94.5 Å². The van der Waals surface area contributed by atoms with Crippen molar-refractivity contribution in [2.75, 3.05) is 6.61 Å². The van der Waals surface area contributed by atoms with Crippen LogP contribution in [0.2, 0.25) is 5.02 Å². The molecule has 0 heterocycles. The maximum Gasteiger partial charge on any atom is 0.416 e. The fraction of sp³-hybridized carbons (Fsp3) is 0.130. The van der Waals surface area contributed by atoms with Crippen LogP contribution in [0.4, 0.5) is 13.2 Å². The summed E-state index contributed by atoms with van der Waals surface area (Å²) in [6.45, 7) is 2.14. The summed E-state index contributed by atoms with van der Waals surface area (Å²) in [4.78, 5) is 0. The van der Waals surface area contributed by atoms with Crippen LogP contribution in [0.1, 0.15) is 16.7 Å². The Labute approximate surface area is 172 Å². The molecule has 29 heavy (non-hydrogen) atoms. The summed E-state index contributed by atoms with van der Waals surface area (Å²) < 4.78 is 49.2. The van der Waals surface area contributed by atoms with Crippen LogP contribution in [0, 0.1) is 13.0 Å². The second-order valence-electron chi connectivity index (χ2n) is 6.21. The van der Waals surface area contributed by atoms with E-state index in [2.05, 4.69) is 6.07 Å². The van der Waals surface area contributed by atoms with Gasteiger partial charge in [0.25, 0.3) is 0 Å². The first-order chi connectivity index (χ1) is 13.8. The zero-order valence-electron chi connectivity index (χ0n) is 15.5. The van der Waals surface area contributed by atoms with Crippen molar-refractivity contribution in [3.63, 3.8) is 0 Å². The third-order valence-electron chi connectivity index (χ3n) is 4.02. The summed E-state index contributed by atoms with van der Waals surface area (Å²) in [5, 5.41) is 0.399. The molecule has 2 nitrogen and oxygen atoms in total. The Morgan fingerprint density at radius 1 is 1.03 bits per heavy atom. The van der Waals surface area contributed by atoms with E-state index in [1.165, 1.54) is 12.1 Å². The van der Waals surface area contributed by atoms with E-state index < -0.39 is 11.7 Å². The van der Waals surface area contributed by atoms with E-state index in [9.17, 15) is 13.2 Å². The first-order valence-electron chi connectivity index (χ1n) is 8.74. The minimum absolute atomic E-state index is 0.253. The molecule has 0 fully saturated rings. The number of benzene rings is 3. The van der Waals surface area contributed by atoms with Gasteiger partial charge >= 0.3 is 6.18 Å². The topological polar surface area (TPSA) is 18.5 Å². The maximum absolute atomic E-state index is 12.6. The molecule has 3 rings (SSSR count). The van der Waals surface area contributed by atoms with Crippen LogP contribution >= 0.6 is 11.6 Å². The van der Waals surface area contributed by atoms with Crippen LogP contribution in [-0.2, 0) is 6.18 Å². The molecular weight excluding hydrogens is 401 g/mol. The van der Waals surface area contributed by atoms with E-state index in [-0.39, 0.29) is 6.61 Å². The Balaban J connectivity index is 1.59. The average Bonchev–Trinajstić information content (AvgIpc) is 2.68. The fourth-order valence-electron chi connectivity index (χ4n) is 2.54. The smallest absolute Gasteiger partial charge is 0.416 e. The summed E-state index contributed by atoms with van der Waals surface area (Å²) in [6.07, 6.45) is -0.911. The standard InChI is InChI=1S/C23H17ClF3O2/c1-16-5-2-9-21(24)22(16)29-20-8-3-7-19(15-20)28-14-4-6-17-10-12-18(13-11-17)23(25,26)27/h2-8,10-13,15H,14H2,1H3/b6-4+. The SMILES string of the molecule is Cc1cc[c]c(Cl)c1Oc1cccc(OC/C=C/c2ccc(C(F)(F)F)cc2)c1. The normalized spacial score (nSPS) is 11.6. The van der Waals surface area contributed by atoms with Gasteiger partial charge in [0, 0.05) is 12.1 Å². The Kier molecular flexibility index (Phi) is 6.49. The highest BCUT2D eigenvalue weighted by atomic mass is 35.5. The lowest BCUT2D eigenvalue weighted by molar-refractivity contribution is -0.137. The number of alkyl halides is 3. The monoisotopic (exact) mass is 417 g/mol. The molecule has 0 spiro atoms. The average molecular weight is 418 g/mol. The molecule has 0 amide bonds. The first-order valence-corrected chi connectivity index (χ1v) is 9.12. The molecule has 0 saturated heterocycles. The lowest BCUT2D eigenvalue weighted by Crippen LogP contribution is -2.03. The van der Waals surface area contributed by atoms with Crippen molar-refractivity contribution in [2.24, 2.45) is 0 Å². The molecule has 3 aromatic rings. The summed E-state index contributed by atoms with van der Waals surface area (Å²) >= 11 is 6.13. The highest BCUT2D eigenvalue weighted by molar-refractivity contribution is 6.32. The predicted molar refractivity (Wildman–Crippen MR) is 108 cm³/mol. The van der Waals surface area contributed by atoms with Gasteiger partial charge < -0.3 is 9.47 Å². The summed E-state index contributed by atoms with van der Waals surface area (Å²) in [5.41, 5.74) is 0.873. The number of ether oxygens (including phenoxy) is 2. The molecule has 0 aliphatic heterocycles. The van der Waals surface area contributed by atoms with E-state index in [1.807, 2.05) is 13.0 Å². The van der Waals surface area contributed by atoms with E-state index >= 15 is 0 Å². The van der Waals surface area contributed by atoms with Crippen molar-refractivity contribution >= 4 is 17.7 Å². The van der Waals surface area contributed by atoms with Crippen LogP contribution < -0.4 is 9.47 Å². The van der Waals surface area contributed by atoms with Crippen LogP contribution in [0.5, 0.6) is 17.2 Å². The molecule has 0 aliphatic rings. The lowest BCUT2D eigenvalue weighted by atomic mass is 10.1. The molecule has 0 bridgehead atoms. The Hall–Kier alpha value is -2.92. The predicted octanol–water partition coefficient (Wildman–Crippen LogP) is 7.35. The van der Waals surface area contributed by atoms with Gasteiger partial charge in [-0.2, -0.15) is 13.2 Å². The molecule has 149 valence electrons. The second kappa shape index (κ2) is 9.05. The first kappa shape index (κ1) is 20.8. The molecule has 0 N–H and O–H groups in total. The Morgan fingerprint density at radius 2 is 1.76 bits per heavy atom. The van der Waals surface area contributed by atoms with Gasteiger partial charge in [-0.05, 0) is 48.4 Å². The molecule has 0 aromatic heterocycles. The molecule has 0 aliphatic carbocycles. The van der Waals surface area contributed by atoms with Crippen molar-refractivity contribution in [2.45, 2.75) is 13.1 Å². The van der Waals surface area contributed by atoms with Gasteiger partial charge in [-0.15, -0.1) is 0 Å². The zero-order valence-corrected chi connectivity index (χ0v) is 16.2. The number of halogens is 4. The zero-order chi connectivity index (χ0) is 20.9. The summed E-state index contributed by atoms with van der Waals surface area (Å²) in [6, 6.07) is 18.5. The third kappa shape index (κ3) is 5.78. The van der Waals surface area contributed by atoms with Gasteiger partial charge in [0.15, 0.2) is 0 Å². The van der Waals surface area contributed by atoms with Gasteiger partial charge in [0.05, 0.1) is 10.6 Å². The van der Waals surface area contributed by atoms with Crippen molar-refractivity contribution in [1.29, 1.82) is 0 Å². The summed E-state index contributed by atoms with van der Waals surface area (Å²) in [7, 11) is 0. The Morgan fingerprint density at radius 3 is 2.45 bits per heavy atom. The molecule has 0 saturated carbocycles. The number of hydrogen-bond donors (Lipinski definition) is 0. The van der Waals surface area contributed by atoms with E-state index in [4.69, 9.17) is 21.1 Å². The van der Waals surface area contributed by atoms with E-state index in [0.29, 0.717) is 27.8 Å². The van der Waals surface area contributed by atoms with Crippen LogP contribution in [0.25, 0.3) is 6.08 Å². The van der Waals surface area contributed by atoms with Crippen LogP contribution in [0.15, 0.2) is 66.7 Å². The molecule has 1 radical (unpaired) electrons. The molecule has 0 atom stereocenters. The largest absolute Gasteiger partial charge is 0.489 e. The second-order valence-corrected chi connectivity index (χ2v) is 6.59. The molecule has 3 aromatic carbocycles. The van der Waals surface area contributed by atoms with E-state index in [1.54, 1.807) is 42.5 Å². The molecular formula is C23H17ClF3O2. The highest BCUT2D eigenvalue weighted by Gasteiger charge is 2.29. The minimum atomic E-state index is -4.33. The fourth-order valence-corrected chi connectivity index (χ4v) is 2.79. The minimum Gasteiger partial charge on any atom is -0.489 e. The van der Waals surface area contributed by atoms with Crippen LogP contribution in [-0.4, -0.2) is 6.61 Å². The van der Waals surface area contributed by atoms with Gasteiger partial charge in [0.1, 0.15) is 23.9 Å². The van der Waals surface area contributed by atoms with Crippen LogP contribution in [0.3, 0.4) is 0 Å². The van der Waals surface area contributed by atoms with Crippen molar-refractivity contribution in [3.8, 4) is 17.2 Å². The van der Waals surface area contributed by atoms with Gasteiger partial charge in [-0.25, -0.2) is 0 Å². The molecule has 6 heteroatoms. The number of aryl methyl sites for hydroxylation is 1. The van der Waals surface area contributed by atoms with E-state index in [0.717, 1.165) is 17.7 Å². The maximum atomic E-state index is 12.6. The van der Waals surface area contributed by atoms with Gasteiger partial charge in [-0.3, -0.25) is 0 Å². The van der Waals surface area contributed by atoms with Crippen molar-refractivity contribution in [1.82, 2.24) is 0 Å². The third-order valence-corrected chi connectivity index (χ3v) is 4.30. The lowest BCUT2D eigenvalue weighted by Gasteiger charge is -2.11. The Bertz CT molecular complexity index is 975. The van der Waals surface area contributed by atoms with Crippen molar-refractivity contribution < 1.29 is 22.6 Å².